The van der Waals surface area contributed by atoms with E-state index in [-0.39, 0.29) is 37.1 Å². The molecule has 0 aliphatic carbocycles. The summed E-state index contributed by atoms with van der Waals surface area (Å²) >= 11 is 0. The first-order chi connectivity index (χ1) is 28.0. The average Bonchev–Trinajstić information content (AvgIpc) is 3.18. The topological polar surface area (TPSA) is 180 Å². The molecule has 14 atom stereocenters. The number of esters is 2. The van der Waals surface area contributed by atoms with Gasteiger partial charge in [0.15, 0.2) is 6.29 Å². The van der Waals surface area contributed by atoms with Crippen molar-refractivity contribution in [1.29, 1.82) is 0 Å². The molecule has 2 fully saturated rings. The van der Waals surface area contributed by atoms with Crippen LogP contribution in [0.5, 0.6) is 0 Å². The van der Waals surface area contributed by atoms with Gasteiger partial charge in [-0.3, -0.25) is 9.59 Å². The monoisotopic (exact) mass is 845 g/mol. The lowest BCUT2D eigenvalue weighted by Crippen LogP contribution is -2.60. The highest BCUT2D eigenvalue weighted by molar-refractivity contribution is 5.99. The van der Waals surface area contributed by atoms with Crippen LogP contribution in [-0.2, 0) is 35.0 Å². The van der Waals surface area contributed by atoms with E-state index in [1.807, 2.05) is 25.9 Å². The van der Waals surface area contributed by atoms with Gasteiger partial charge in [0.25, 0.3) is 0 Å². The largest absolute Gasteiger partial charge is 0.461 e. The number of halogens is 2. The van der Waals surface area contributed by atoms with Gasteiger partial charge in [-0.15, -0.1) is 0 Å². The highest BCUT2D eigenvalue weighted by Gasteiger charge is 2.52. The third-order valence-corrected chi connectivity index (χ3v) is 12.2. The van der Waals surface area contributed by atoms with E-state index in [0.717, 1.165) is 0 Å². The zero-order valence-electron chi connectivity index (χ0n) is 36.7. The van der Waals surface area contributed by atoms with Crippen LogP contribution in [0.15, 0.2) is 58.7 Å². The van der Waals surface area contributed by atoms with Crippen LogP contribution < -0.4 is 0 Å². The van der Waals surface area contributed by atoms with Gasteiger partial charge in [-0.1, -0.05) is 52.0 Å². The van der Waals surface area contributed by atoms with E-state index >= 15 is 0 Å². The summed E-state index contributed by atoms with van der Waals surface area (Å²) in [5.41, 5.74) is -2.15. The molecule has 60 heavy (non-hydrogen) atoms. The Morgan fingerprint density at radius 1 is 0.950 bits per heavy atom. The molecule has 15 heteroatoms. The zero-order valence-corrected chi connectivity index (χ0v) is 36.7. The van der Waals surface area contributed by atoms with Crippen LogP contribution in [0.4, 0.5) is 8.78 Å². The Balaban J connectivity index is 1.89. The summed E-state index contributed by atoms with van der Waals surface area (Å²) in [6.07, 6.45) is -8.03. The molecule has 2 aromatic rings. The van der Waals surface area contributed by atoms with E-state index in [4.69, 9.17) is 18.9 Å². The summed E-state index contributed by atoms with van der Waals surface area (Å²) in [5.74, 6) is -6.35. The van der Waals surface area contributed by atoms with Crippen LogP contribution in [-0.4, -0.2) is 123 Å². The molecule has 334 valence electrons. The number of hydrogen-bond donors (Lipinski definition) is 4. The first-order valence-corrected chi connectivity index (χ1v) is 20.8. The predicted molar refractivity (Wildman–Crippen MR) is 222 cm³/mol. The second kappa shape index (κ2) is 20.4. The van der Waals surface area contributed by atoms with Crippen LogP contribution in [0, 0.1) is 35.3 Å². The Morgan fingerprint density at radius 3 is 2.10 bits per heavy atom. The molecule has 13 nitrogen and oxygen atoms in total. The van der Waals surface area contributed by atoms with E-state index < -0.39 is 95.3 Å². The molecule has 2 heterocycles. The number of ether oxygens (including phenoxy) is 4. The maximum atomic E-state index is 14.2. The number of cyclic esters (lactones) is 1. The van der Waals surface area contributed by atoms with E-state index in [2.05, 4.69) is 10.2 Å². The molecule has 4 unspecified atom stereocenters. The molecule has 2 aliphatic rings. The summed E-state index contributed by atoms with van der Waals surface area (Å²) in [4.78, 5) is 29.7. The van der Waals surface area contributed by atoms with Gasteiger partial charge in [-0.2, -0.15) is 10.2 Å². The van der Waals surface area contributed by atoms with Gasteiger partial charge in [-0.05, 0) is 109 Å². The number of carbonyl (C=O) groups excluding carboxylic acids is 2. The molecule has 0 saturated carbocycles. The van der Waals surface area contributed by atoms with E-state index in [1.54, 1.807) is 46.8 Å². The van der Waals surface area contributed by atoms with Crippen molar-refractivity contribution in [2.45, 2.75) is 148 Å². The molecule has 4 rings (SSSR count). The van der Waals surface area contributed by atoms with Gasteiger partial charge in [-0.25, -0.2) is 8.78 Å². The van der Waals surface area contributed by atoms with Gasteiger partial charge < -0.3 is 44.3 Å². The molecule has 0 spiro atoms. The van der Waals surface area contributed by atoms with Crippen molar-refractivity contribution in [2.75, 3.05) is 14.1 Å². The summed E-state index contributed by atoms with van der Waals surface area (Å²) in [7, 11) is 3.65. The van der Waals surface area contributed by atoms with Crippen molar-refractivity contribution in [3.63, 3.8) is 0 Å². The van der Waals surface area contributed by atoms with Crippen molar-refractivity contribution in [1.82, 2.24) is 4.90 Å². The SMILES string of the molecule is CC[C@H]1OC(=O)[C@H](C)[C@@H](OC(=O)Cc2ccc(F)cc2)[C@H](C)[C@@H](OC2OC(C)CC(N(C)C)C2O)[C@](C)(O)C[C@@H](C)/C(=N\N=C(/C)c2ccc(F)cc2)[C@H](C)[C@@H](O)[C@]1(C)O. The lowest BCUT2D eigenvalue weighted by Gasteiger charge is -2.47. The Bertz CT molecular complexity index is 1800. The molecular formula is C45H65F2N3O10. The number of rotatable bonds is 9. The first kappa shape index (κ1) is 49.0. The number of likely N-dealkylation sites (N-methyl/N-ethyl adjacent to an activating group) is 1. The quantitative estimate of drug-likeness (QED) is 0.148. The van der Waals surface area contributed by atoms with Crippen molar-refractivity contribution >= 4 is 23.4 Å². The van der Waals surface area contributed by atoms with Crippen LogP contribution in [0.25, 0.3) is 0 Å². The number of nitrogens with zero attached hydrogens (tertiary/aromatic N) is 3. The number of carbonyl (C=O) groups is 2. The van der Waals surface area contributed by atoms with Gasteiger partial charge in [0.1, 0.15) is 35.5 Å². The van der Waals surface area contributed by atoms with Crippen LogP contribution in [0.2, 0.25) is 0 Å². The fourth-order valence-corrected chi connectivity index (χ4v) is 8.65. The molecule has 2 saturated heterocycles. The average molecular weight is 846 g/mol. The Labute approximate surface area is 352 Å². The van der Waals surface area contributed by atoms with Gasteiger partial charge in [0.2, 0.25) is 0 Å². The third-order valence-electron chi connectivity index (χ3n) is 12.2. The minimum atomic E-state index is -2.04. The summed E-state index contributed by atoms with van der Waals surface area (Å²) < 4.78 is 52.4. The third kappa shape index (κ3) is 11.8. The normalized spacial score (nSPS) is 37.1. The van der Waals surface area contributed by atoms with Crippen LogP contribution in [0.1, 0.15) is 92.7 Å². The summed E-state index contributed by atoms with van der Waals surface area (Å²) in [5, 5.41) is 57.3. The highest BCUT2D eigenvalue weighted by atomic mass is 19.1. The van der Waals surface area contributed by atoms with E-state index in [0.29, 0.717) is 23.3 Å². The van der Waals surface area contributed by atoms with Gasteiger partial charge in [0, 0.05) is 23.6 Å². The maximum Gasteiger partial charge on any atom is 0.312 e. The number of hydrogen-bond acceptors (Lipinski definition) is 13. The van der Waals surface area contributed by atoms with Gasteiger partial charge >= 0.3 is 11.9 Å². The Kier molecular flexibility index (Phi) is 16.7. The molecule has 4 N–H and O–H groups in total. The second-order valence-electron chi connectivity index (χ2n) is 17.5. The molecule has 0 aromatic heterocycles. The molecule has 0 radical (unpaired) electrons. The number of benzene rings is 2. The van der Waals surface area contributed by atoms with Crippen LogP contribution >= 0.6 is 0 Å². The van der Waals surface area contributed by atoms with Crippen molar-refractivity contribution in [2.24, 2.45) is 33.9 Å². The van der Waals surface area contributed by atoms with Crippen molar-refractivity contribution < 1.29 is 57.7 Å². The lowest BCUT2D eigenvalue weighted by molar-refractivity contribution is -0.299. The zero-order chi connectivity index (χ0) is 44.9. The Hall–Kier alpha value is -3.70. The van der Waals surface area contributed by atoms with Gasteiger partial charge in [0.05, 0.1) is 42.0 Å². The fraction of sp³-hybridized carbons (Fsp3) is 0.644. The molecule has 0 amide bonds. The maximum absolute atomic E-state index is 14.2. The van der Waals surface area contributed by atoms with Crippen molar-refractivity contribution in [3.8, 4) is 0 Å². The second-order valence-corrected chi connectivity index (χ2v) is 17.5. The molecule has 2 aliphatic heterocycles. The Morgan fingerprint density at radius 2 is 1.53 bits per heavy atom. The predicted octanol–water partition coefficient (Wildman–Crippen LogP) is 5.23. The number of aliphatic hydroxyl groups excluding tert-OH is 2. The minimum absolute atomic E-state index is 0.0895. The smallest absolute Gasteiger partial charge is 0.312 e. The summed E-state index contributed by atoms with van der Waals surface area (Å²) in [6.45, 7) is 14.7. The molecular weight excluding hydrogens is 781 g/mol. The van der Waals surface area contributed by atoms with Crippen LogP contribution in [0.3, 0.4) is 0 Å². The number of aliphatic hydroxyl groups is 4. The lowest BCUT2D eigenvalue weighted by atomic mass is 9.73. The van der Waals surface area contributed by atoms with E-state index in [1.165, 1.54) is 57.2 Å². The minimum Gasteiger partial charge on any atom is -0.461 e. The summed E-state index contributed by atoms with van der Waals surface area (Å²) in [6, 6.07) is 10.6. The van der Waals surface area contributed by atoms with E-state index in [9.17, 15) is 38.8 Å². The fourth-order valence-electron chi connectivity index (χ4n) is 8.65. The standard InChI is InChI=1S/C45H65F2N3O10/c1-12-35-45(9,56)40(53)26(4)37(49-48-29(7)31-15-19-33(47)20-16-31)24(2)23-44(8,55)41(60-43-38(52)34(50(10)11)21-25(3)57-43)27(5)39(28(6)42(54)58-35)59-36(51)22-30-13-17-32(46)18-14-30/h13-20,24-28,34-35,38-41,43,52-53,55-56H,12,21-23H2,1-11H3/b48-29+,49-37+/t24-,25?,26+,27+,28-,34?,35-,38?,39+,40-,41-,43?,44-,45-/m1/s1. The highest BCUT2D eigenvalue weighted by Crippen LogP contribution is 2.39. The van der Waals surface area contributed by atoms with Crippen molar-refractivity contribution in [3.05, 3.63) is 71.3 Å². The molecule has 2 aromatic carbocycles. The molecule has 0 bridgehead atoms. The first-order valence-electron chi connectivity index (χ1n) is 20.8.